The molecular weight excluding hydrogens is 224 g/mol. The van der Waals surface area contributed by atoms with Crippen molar-refractivity contribution in [2.75, 3.05) is 0 Å². The summed E-state index contributed by atoms with van der Waals surface area (Å²) < 4.78 is 0. The maximum atomic E-state index is 12.4. The van der Waals surface area contributed by atoms with Gasteiger partial charge in [0.25, 0.3) is 0 Å². The van der Waals surface area contributed by atoms with E-state index in [1.54, 1.807) is 0 Å². The smallest absolute Gasteiger partial charge is 0.239 e. The van der Waals surface area contributed by atoms with E-state index in [1.165, 1.54) is 64.2 Å². The first-order valence-electron chi connectivity index (χ1n) is 7.78. The molecule has 0 saturated heterocycles. The van der Waals surface area contributed by atoms with E-state index in [9.17, 15) is 4.79 Å². The van der Waals surface area contributed by atoms with Crippen LogP contribution in [-0.4, -0.2) is 28.9 Å². The van der Waals surface area contributed by atoms with Gasteiger partial charge in [0.1, 0.15) is 0 Å². The Balaban J connectivity index is 2.07. The van der Waals surface area contributed by atoms with Gasteiger partial charge in [0, 0.05) is 12.1 Å². The largest absolute Gasteiger partial charge is 0.335 e. The molecule has 18 heavy (non-hydrogen) atoms. The zero-order valence-electron chi connectivity index (χ0n) is 11.7. The lowest BCUT2D eigenvalue weighted by Crippen LogP contribution is -2.53. The highest BCUT2D eigenvalue weighted by Crippen LogP contribution is 2.30. The fourth-order valence-corrected chi connectivity index (χ4v) is 3.61. The molecule has 0 aromatic carbocycles. The number of nitrogens with zero attached hydrogens (tertiary/aromatic N) is 1. The van der Waals surface area contributed by atoms with Crippen molar-refractivity contribution in [3.8, 4) is 0 Å². The van der Waals surface area contributed by atoms with Crippen LogP contribution in [0.2, 0.25) is 0 Å². The predicted molar refractivity (Wildman–Crippen MR) is 74.2 cm³/mol. The van der Waals surface area contributed by atoms with Crippen molar-refractivity contribution in [1.82, 2.24) is 4.90 Å². The Labute approximate surface area is 111 Å². The van der Waals surface area contributed by atoms with Crippen LogP contribution >= 0.6 is 0 Å². The fourth-order valence-electron chi connectivity index (χ4n) is 3.61. The molecule has 2 rings (SSSR count). The molecule has 0 bridgehead atoms. The number of hydrogen-bond acceptors (Lipinski definition) is 2. The molecule has 104 valence electrons. The molecule has 3 nitrogen and oxygen atoms in total. The molecule has 0 aliphatic heterocycles. The average Bonchev–Trinajstić information content (AvgIpc) is 2.41. The van der Waals surface area contributed by atoms with Crippen LogP contribution in [0.1, 0.15) is 71.1 Å². The minimum atomic E-state index is -0.339. The Bertz CT molecular complexity index is 248. The van der Waals surface area contributed by atoms with Crippen molar-refractivity contribution in [1.29, 1.82) is 0 Å². The molecule has 0 aromatic rings. The van der Waals surface area contributed by atoms with Gasteiger partial charge in [0.05, 0.1) is 6.04 Å². The summed E-state index contributed by atoms with van der Waals surface area (Å²) in [5.74, 6) is 0.189. The number of carbonyl (C=O) groups excluding carboxylic acids is 1. The first-order chi connectivity index (χ1) is 8.70. The number of carbonyl (C=O) groups is 1. The van der Waals surface area contributed by atoms with Crippen molar-refractivity contribution in [2.45, 2.75) is 89.3 Å². The van der Waals surface area contributed by atoms with Gasteiger partial charge in [-0.25, -0.2) is 0 Å². The van der Waals surface area contributed by atoms with Crippen LogP contribution in [0.5, 0.6) is 0 Å². The molecule has 2 aliphatic carbocycles. The van der Waals surface area contributed by atoms with Gasteiger partial charge < -0.3 is 10.6 Å². The SMILES string of the molecule is CC(N)C(=O)N(C1CCCCC1)C1CCCCC1. The summed E-state index contributed by atoms with van der Waals surface area (Å²) in [4.78, 5) is 14.6. The van der Waals surface area contributed by atoms with Crippen molar-refractivity contribution < 1.29 is 4.79 Å². The lowest BCUT2D eigenvalue weighted by molar-refractivity contribution is -0.139. The summed E-state index contributed by atoms with van der Waals surface area (Å²) >= 11 is 0. The standard InChI is InChI=1S/C15H28N2O/c1-12(16)15(18)17(13-8-4-2-5-9-13)14-10-6-3-7-11-14/h12-14H,2-11,16H2,1H3. The average molecular weight is 252 g/mol. The van der Waals surface area contributed by atoms with Crippen LogP contribution in [0, 0.1) is 0 Å². The Morgan fingerprint density at radius 1 is 0.944 bits per heavy atom. The van der Waals surface area contributed by atoms with Gasteiger partial charge in [0.2, 0.25) is 5.91 Å². The zero-order valence-corrected chi connectivity index (χ0v) is 11.7. The molecule has 1 atom stereocenters. The van der Waals surface area contributed by atoms with Crippen LogP contribution in [0.15, 0.2) is 0 Å². The van der Waals surface area contributed by atoms with Gasteiger partial charge in [0.15, 0.2) is 0 Å². The van der Waals surface area contributed by atoms with Gasteiger partial charge in [-0.05, 0) is 32.6 Å². The lowest BCUT2D eigenvalue weighted by atomic mass is 9.88. The Morgan fingerprint density at radius 2 is 1.33 bits per heavy atom. The third-order valence-electron chi connectivity index (χ3n) is 4.58. The molecule has 2 N–H and O–H groups in total. The summed E-state index contributed by atoms with van der Waals surface area (Å²) in [6.07, 6.45) is 12.5. The van der Waals surface area contributed by atoms with E-state index in [4.69, 9.17) is 5.73 Å². The quantitative estimate of drug-likeness (QED) is 0.839. The normalized spacial score (nSPS) is 24.8. The molecule has 2 saturated carbocycles. The zero-order chi connectivity index (χ0) is 13.0. The highest BCUT2D eigenvalue weighted by molar-refractivity contribution is 5.81. The van der Waals surface area contributed by atoms with E-state index < -0.39 is 0 Å². The van der Waals surface area contributed by atoms with Crippen LogP contribution in [0.4, 0.5) is 0 Å². The summed E-state index contributed by atoms with van der Waals surface area (Å²) in [5, 5.41) is 0. The van der Waals surface area contributed by atoms with E-state index in [1.807, 2.05) is 6.92 Å². The van der Waals surface area contributed by atoms with Crippen LogP contribution in [0.25, 0.3) is 0 Å². The highest BCUT2D eigenvalue weighted by atomic mass is 16.2. The monoisotopic (exact) mass is 252 g/mol. The van der Waals surface area contributed by atoms with E-state index >= 15 is 0 Å². The summed E-state index contributed by atoms with van der Waals surface area (Å²) in [6.45, 7) is 1.83. The maximum Gasteiger partial charge on any atom is 0.239 e. The van der Waals surface area contributed by atoms with Gasteiger partial charge in [-0.1, -0.05) is 38.5 Å². The van der Waals surface area contributed by atoms with Crippen molar-refractivity contribution in [3.63, 3.8) is 0 Å². The van der Waals surface area contributed by atoms with E-state index in [2.05, 4.69) is 4.90 Å². The van der Waals surface area contributed by atoms with Gasteiger partial charge >= 0.3 is 0 Å². The Morgan fingerprint density at radius 3 is 1.67 bits per heavy atom. The molecule has 0 radical (unpaired) electrons. The number of hydrogen-bond donors (Lipinski definition) is 1. The van der Waals surface area contributed by atoms with Crippen molar-refractivity contribution >= 4 is 5.91 Å². The van der Waals surface area contributed by atoms with E-state index in [-0.39, 0.29) is 11.9 Å². The van der Waals surface area contributed by atoms with E-state index in [0.717, 1.165) is 0 Å². The summed E-state index contributed by atoms with van der Waals surface area (Å²) in [7, 11) is 0. The number of nitrogens with two attached hydrogens (primary N) is 1. The molecule has 2 aliphatic rings. The van der Waals surface area contributed by atoms with E-state index in [0.29, 0.717) is 12.1 Å². The third-order valence-corrected chi connectivity index (χ3v) is 4.58. The molecule has 0 aromatic heterocycles. The Kier molecular flexibility index (Phi) is 5.04. The minimum Gasteiger partial charge on any atom is -0.335 e. The first kappa shape index (κ1) is 13.9. The number of rotatable bonds is 3. The molecular formula is C15H28N2O. The van der Waals surface area contributed by atoms with Crippen molar-refractivity contribution in [3.05, 3.63) is 0 Å². The van der Waals surface area contributed by atoms with Gasteiger partial charge in [-0.3, -0.25) is 4.79 Å². The third kappa shape index (κ3) is 3.25. The molecule has 1 amide bonds. The number of amides is 1. The van der Waals surface area contributed by atoms with Crippen LogP contribution in [-0.2, 0) is 4.79 Å². The van der Waals surface area contributed by atoms with Crippen molar-refractivity contribution in [2.24, 2.45) is 5.73 Å². The Hall–Kier alpha value is -0.570. The minimum absolute atomic E-state index is 0.189. The second kappa shape index (κ2) is 6.55. The molecule has 0 spiro atoms. The summed E-state index contributed by atoms with van der Waals surface area (Å²) in [6, 6.07) is 0.606. The van der Waals surface area contributed by atoms with Crippen LogP contribution < -0.4 is 5.73 Å². The highest BCUT2D eigenvalue weighted by Gasteiger charge is 2.33. The molecule has 3 heteroatoms. The van der Waals surface area contributed by atoms with Gasteiger partial charge in [-0.2, -0.15) is 0 Å². The maximum absolute atomic E-state index is 12.4. The van der Waals surface area contributed by atoms with Crippen LogP contribution in [0.3, 0.4) is 0 Å². The second-order valence-electron chi connectivity index (χ2n) is 6.12. The molecule has 2 fully saturated rings. The first-order valence-corrected chi connectivity index (χ1v) is 7.78. The topological polar surface area (TPSA) is 46.3 Å². The lowest BCUT2D eigenvalue weighted by Gasteiger charge is -2.42. The van der Waals surface area contributed by atoms with Gasteiger partial charge in [-0.15, -0.1) is 0 Å². The summed E-state index contributed by atoms with van der Waals surface area (Å²) in [5.41, 5.74) is 5.86. The second-order valence-corrected chi connectivity index (χ2v) is 6.12. The molecule has 0 heterocycles. The molecule has 1 unspecified atom stereocenters. The predicted octanol–water partition coefficient (Wildman–Crippen LogP) is 2.83. The fraction of sp³-hybridized carbons (Fsp3) is 0.933.